The van der Waals surface area contributed by atoms with Gasteiger partial charge in [-0.05, 0) is 37.2 Å². The number of hydrogen-bond donors (Lipinski definition) is 0. The van der Waals surface area contributed by atoms with Crippen molar-refractivity contribution in [3.63, 3.8) is 0 Å². The van der Waals surface area contributed by atoms with Gasteiger partial charge in [0.25, 0.3) is 5.91 Å². The van der Waals surface area contributed by atoms with Crippen LogP contribution in [0, 0.1) is 5.92 Å². The molecular formula is C22H26N4O2. The van der Waals surface area contributed by atoms with Crippen LogP contribution in [-0.2, 0) is 11.2 Å². The lowest BCUT2D eigenvalue weighted by molar-refractivity contribution is -0.135. The summed E-state index contributed by atoms with van der Waals surface area (Å²) >= 11 is 0. The molecule has 6 nitrogen and oxygen atoms in total. The summed E-state index contributed by atoms with van der Waals surface area (Å²) in [5.41, 5.74) is 1.65. The van der Waals surface area contributed by atoms with Gasteiger partial charge in [0.1, 0.15) is 5.69 Å². The minimum Gasteiger partial charge on any atom is -0.338 e. The average molecular weight is 378 g/mol. The van der Waals surface area contributed by atoms with Crippen LogP contribution in [0.3, 0.4) is 0 Å². The SMILES string of the molecule is O=C(c1cnccn1)N1C[C@H]2CC[C@@H](C1)N(C(=O)CCCc1ccccc1)C2. The molecule has 0 radical (unpaired) electrons. The van der Waals surface area contributed by atoms with Crippen LogP contribution in [-0.4, -0.2) is 57.3 Å². The van der Waals surface area contributed by atoms with Crippen LogP contribution in [0.1, 0.15) is 41.7 Å². The van der Waals surface area contributed by atoms with Crippen LogP contribution < -0.4 is 0 Å². The lowest BCUT2D eigenvalue weighted by Crippen LogP contribution is -2.47. The van der Waals surface area contributed by atoms with E-state index in [9.17, 15) is 9.59 Å². The van der Waals surface area contributed by atoms with Crippen molar-refractivity contribution in [2.75, 3.05) is 19.6 Å². The summed E-state index contributed by atoms with van der Waals surface area (Å²) < 4.78 is 0. The highest BCUT2D eigenvalue weighted by atomic mass is 16.2. The number of piperidine rings is 1. The average Bonchev–Trinajstić information content (AvgIpc) is 3.07. The number of rotatable bonds is 5. The van der Waals surface area contributed by atoms with Crippen LogP contribution in [0.15, 0.2) is 48.9 Å². The monoisotopic (exact) mass is 378 g/mol. The lowest BCUT2D eigenvalue weighted by Gasteiger charge is -2.36. The molecule has 3 aliphatic rings. The molecule has 1 aromatic carbocycles. The Hall–Kier alpha value is -2.76. The topological polar surface area (TPSA) is 66.4 Å². The fourth-order valence-electron chi connectivity index (χ4n) is 4.36. The molecule has 4 heterocycles. The van der Waals surface area contributed by atoms with Crippen LogP contribution in [0.5, 0.6) is 0 Å². The number of amides is 2. The Morgan fingerprint density at radius 1 is 1.04 bits per heavy atom. The molecule has 2 atom stereocenters. The minimum atomic E-state index is -0.0802. The highest BCUT2D eigenvalue weighted by molar-refractivity contribution is 5.92. The Bertz CT molecular complexity index is 812. The van der Waals surface area contributed by atoms with Gasteiger partial charge in [-0.2, -0.15) is 0 Å². The molecule has 5 rings (SSSR count). The second kappa shape index (κ2) is 8.50. The smallest absolute Gasteiger partial charge is 0.274 e. The van der Waals surface area contributed by atoms with E-state index in [1.807, 2.05) is 28.0 Å². The van der Waals surface area contributed by atoms with E-state index in [0.29, 0.717) is 31.1 Å². The van der Waals surface area contributed by atoms with Crippen molar-refractivity contribution < 1.29 is 9.59 Å². The number of carbonyl (C=O) groups excluding carboxylic acids is 2. The maximum absolute atomic E-state index is 12.9. The molecule has 3 fully saturated rings. The van der Waals surface area contributed by atoms with Crippen molar-refractivity contribution in [2.45, 2.75) is 38.1 Å². The van der Waals surface area contributed by atoms with Crippen molar-refractivity contribution >= 4 is 11.8 Å². The standard InChI is InChI=1S/C22H26N4O2/c27-21(8-4-7-17-5-2-1-3-6-17)26-15-18-9-10-19(26)16-25(14-18)22(28)20-13-23-11-12-24-20/h1-3,5-6,11-13,18-19H,4,7-10,14-16H2/t18-,19+/m1/s1. The van der Waals surface area contributed by atoms with Gasteiger partial charge in [0.2, 0.25) is 5.91 Å². The maximum atomic E-state index is 12.9. The van der Waals surface area contributed by atoms with E-state index in [-0.39, 0.29) is 17.9 Å². The van der Waals surface area contributed by atoms with Crippen LogP contribution in [0.4, 0.5) is 0 Å². The Morgan fingerprint density at radius 2 is 1.89 bits per heavy atom. The summed E-state index contributed by atoms with van der Waals surface area (Å²) in [4.78, 5) is 37.7. The Kier molecular flexibility index (Phi) is 5.65. The predicted molar refractivity (Wildman–Crippen MR) is 106 cm³/mol. The Morgan fingerprint density at radius 3 is 2.68 bits per heavy atom. The van der Waals surface area contributed by atoms with Gasteiger partial charge in [-0.25, -0.2) is 4.98 Å². The Labute approximate surface area is 165 Å². The molecule has 0 N–H and O–H groups in total. The first-order valence-corrected chi connectivity index (χ1v) is 10.1. The van der Waals surface area contributed by atoms with E-state index in [4.69, 9.17) is 0 Å². The largest absolute Gasteiger partial charge is 0.338 e. The van der Waals surface area contributed by atoms with Gasteiger partial charge in [-0.1, -0.05) is 30.3 Å². The molecule has 3 saturated heterocycles. The molecule has 6 heteroatoms. The fourth-order valence-corrected chi connectivity index (χ4v) is 4.36. The number of benzene rings is 1. The molecule has 0 unspecified atom stereocenters. The highest BCUT2D eigenvalue weighted by Crippen LogP contribution is 2.29. The van der Waals surface area contributed by atoms with Gasteiger partial charge < -0.3 is 9.80 Å². The molecule has 1 aromatic heterocycles. The first-order chi connectivity index (χ1) is 13.7. The van der Waals surface area contributed by atoms with Crippen molar-refractivity contribution in [2.24, 2.45) is 5.92 Å². The molecule has 2 aromatic rings. The van der Waals surface area contributed by atoms with Gasteiger partial charge >= 0.3 is 0 Å². The minimum absolute atomic E-state index is 0.0802. The highest BCUT2D eigenvalue weighted by Gasteiger charge is 2.38. The maximum Gasteiger partial charge on any atom is 0.274 e. The first-order valence-electron chi connectivity index (χ1n) is 10.1. The number of hydrogen-bond acceptors (Lipinski definition) is 4. The molecule has 0 aliphatic carbocycles. The van der Waals surface area contributed by atoms with E-state index >= 15 is 0 Å². The van der Waals surface area contributed by atoms with Gasteiger partial charge in [0.05, 0.1) is 6.20 Å². The summed E-state index contributed by atoms with van der Waals surface area (Å²) in [5.74, 6) is 0.486. The van der Waals surface area contributed by atoms with Gasteiger partial charge in [0.15, 0.2) is 0 Å². The van der Waals surface area contributed by atoms with E-state index in [0.717, 1.165) is 32.2 Å². The van der Waals surface area contributed by atoms with E-state index in [2.05, 4.69) is 22.1 Å². The van der Waals surface area contributed by atoms with Crippen molar-refractivity contribution in [1.82, 2.24) is 19.8 Å². The summed E-state index contributed by atoms with van der Waals surface area (Å²) in [6, 6.07) is 10.4. The normalized spacial score (nSPS) is 21.4. The number of aryl methyl sites for hydroxylation is 1. The number of fused-ring (bicyclic) bond motifs is 4. The van der Waals surface area contributed by atoms with E-state index in [1.54, 1.807) is 12.4 Å². The first kappa shape index (κ1) is 18.6. The second-order valence-electron chi connectivity index (χ2n) is 7.78. The van der Waals surface area contributed by atoms with E-state index in [1.165, 1.54) is 11.8 Å². The molecule has 28 heavy (non-hydrogen) atoms. The quantitative estimate of drug-likeness (QED) is 0.802. The zero-order valence-electron chi connectivity index (χ0n) is 16.0. The summed E-state index contributed by atoms with van der Waals surface area (Å²) in [5, 5.41) is 0. The zero-order valence-corrected chi connectivity index (χ0v) is 16.0. The number of nitrogens with zero attached hydrogens (tertiary/aromatic N) is 4. The molecule has 2 bridgehead atoms. The molecule has 0 spiro atoms. The molecular weight excluding hydrogens is 352 g/mol. The van der Waals surface area contributed by atoms with Crippen LogP contribution in [0.2, 0.25) is 0 Å². The van der Waals surface area contributed by atoms with Gasteiger partial charge in [0, 0.05) is 44.5 Å². The molecule has 2 amide bonds. The molecule has 0 saturated carbocycles. The fraction of sp³-hybridized carbons (Fsp3) is 0.455. The molecule has 146 valence electrons. The van der Waals surface area contributed by atoms with Crippen molar-refractivity contribution in [1.29, 1.82) is 0 Å². The van der Waals surface area contributed by atoms with Crippen molar-refractivity contribution in [3.8, 4) is 0 Å². The zero-order chi connectivity index (χ0) is 19.3. The third kappa shape index (κ3) is 4.21. The second-order valence-corrected chi connectivity index (χ2v) is 7.78. The Balaban J connectivity index is 1.36. The van der Waals surface area contributed by atoms with E-state index < -0.39 is 0 Å². The van der Waals surface area contributed by atoms with Gasteiger partial charge in [-0.3, -0.25) is 14.6 Å². The van der Waals surface area contributed by atoms with Crippen LogP contribution >= 0.6 is 0 Å². The summed E-state index contributed by atoms with van der Waals surface area (Å²) in [6.45, 7) is 2.05. The molecule has 3 aliphatic heterocycles. The summed E-state index contributed by atoms with van der Waals surface area (Å²) in [6.07, 6.45) is 9.02. The lowest BCUT2D eigenvalue weighted by atomic mass is 9.94. The van der Waals surface area contributed by atoms with Crippen LogP contribution in [0.25, 0.3) is 0 Å². The summed E-state index contributed by atoms with van der Waals surface area (Å²) in [7, 11) is 0. The number of aromatic nitrogens is 2. The third-order valence-electron chi connectivity index (χ3n) is 5.80. The predicted octanol–water partition coefficient (Wildman–Crippen LogP) is 2.56. The van der Waals surface area contributed by atoms with Crippen molar-refractivity contribution in [3.05, 3.63) is 60.2 Å². The number of carbonyl (C=O) groups is 2. The third-order valence-corrected chi connectivity index (χ3v) is 5.80. The van der Waals surface area contributed by atoms with Gasteiger partial charge in [-0.15, -0.1) is 0 Å².